The summed E-state index contributed by atoms with van der Waals surface area (Å²) in [4.78, 5) is 11.3. The lowest BCUT2D eigenvalue weighted by atomic mass is 9.90. The molecular formula is C15H22O. The summed E-state index contributed by atoms with van der Waals surface area (Å²) < 4.78 is 0. The number of benzene rings is 1. The number of hydrogen-bond acceptors (Lipinski definition) is 1. The lowest BCUT2D eigenvalue weighted by Crippen LogP contribution is -2.02. The Labute approximate surface area is 98.9 Å². The zero-order valence-electron chi connectivity index (χ0n) is 10.6. The molecule has 0 aliphatic heterocycles. The molecule has 0 amide bonds. The number of ketones is 1. The lowest BCUT2D eigenvalue weighted by molar-refractivity contribution is -0.118. The van der Waals surface area contributed by atoms with Crippen molar-refractivity contribution in [3.63, 3.8) is 0 Å². The fourth-order valence-corrected chi connectivity index (χ4v) is 1.96. The second-order valence-corrected chi connectivity index (χ2v) is 4.45. The normalized spacial score (nSPS) is 12.4. The highest BCUT2D eigenvalue weighted by Crippen LogP contribution is 2.25. The highest BCUT2D eigenvalue weighted by atomic mass is 16.1. The van der Waals surface area contributed by atoms with E-state index in [0.717, 1.165) is 19.3 Å². The van der Waals surface area contributed by atoms with Crippen LogP contribution >= 0.6 is 0 Å². The molecule has 1 unspecified atom stereocenters. The Balaban J connectivity index is 2.60. The number of carbonyl (C=O) groups is 1. The summed E-state index contributed by atoms with van der Waals surface area (Å²) in [5.41, 5.74) is 2.67. The van der Waals surface area contributed by atoms with Crippen LogP contribution in [0.4, 0.5) is 0 Å². The summed E-state index contributed by atoms with van der Waals surface area (Å²) in [6.07, 6.45) is 3.50. The number of aryl methyl sites for hydroxylation is 1. The molecule has 1 rings (SSSR count). The highest BCUT2D eigenvalue weighted by molar-refractivity contribution is 5.78. The predicted octanol–water partition coefficient (Wildman–Crippen LogP) is 4.25. The van der Waals surface area contributed by atoms with Crippen LogP contribution < -0.4 is 0 Å². The lowest BCUT2D eigenvalue weighted by Gasteiger charge is -2.14. The predicted molar refractivity (Wildman–Crippen MR) is 68.7 cm³/mol. The van der Waals surface area contributed by atoms with Crippen molar-refractivity contribution in [3.8, 4) is 0 Å². The zero-order valence-corrected chi connectivity index (χ0v) is 10.6. The van der Waals surface area contributed by atoms with Gasteiger partial charge in [-0.15, -0.1) is 0 Å². The quantitative estimate of drug-likeness (QED) is 0.697. The van der Waals surface area contributed by atoms with E-state index in [1.54, 1.807) is 0 Å². The summed E-state index contributed by atoms with van der Waals surface area (Å²) in [6, 6.07) is 8.69. The minimum absolute atomic E-state index is 0.380. The second kappa shape index (κ2) is 6.47. The molecule has 1 nitrogen and oxygen atoms in total. The topological polar surface area (TPSA) is 17.1 Å². The Morgan fingerprint density at radius 2 is 1.81 bits per heavy atom. The van der Waals surface area contributed by atoms with Crippen molar-refractivity contribution < 1.29 is 4.79 Å². The summed E-state index contributed by atoms with van der Waals surface area (Å²) in [7, 11) is 0. The Bertz CT molecular complexity index is 324. The van der Waals surface area contributed by atoms with Crippen LogP contribution in [-0.2, 0) is 4.79 Å². The van der Waals surface area contributed by atoms with E-state index >= 15 is 0 Å². The molecule has 0 aliphatic carbocycles. The van der Waals surface area contributed by atoms with Gasteiger partial charge in [0.1, 0.15) is 5.78 Å². The Kier molecular flexibility index (Phi) is 5.24. The minimum Gasteiger partial charge on any atom is -0.300 e. The maximum Gasteiger partial charge on any atom is 0.132 e. The van der Waals surface area contributed by atoms with Crippen molar-refractivity contribution in [1.82, 2.24) is 0 Å². The number of rotatable bonds is 6. The van der Waals surface area contributed by atoms with Crippen LogP contribution in [0.2, 0.25) is 0 Å². The first kappa shape index (κ1) is 13.0. The molecule has 16 heavy (non-hydrogen) atoms. The van der Waals surface area contributed by atoms with Gasteiger partial charge in [0.25, 0.3) is 0 Å². The average molecular weight is 218 g/mol. The van der Waals surface area contributed by atoms with Crippen LogP contribution in [-0.4, -0.2) is 5.78 Å². The van der Waals surface area contributed by atoms with Gasteiger partial charge < -0.3 is 0 Å². The molecule has 1 aromatic carbocycles. The summed E-state index contributed by atoms with van der Waals surface area (Å²) in [6.45, 7) is 6.24. The molecule has 0 bridgehead atoms. The number of Topliss-reactive ketones (excluding diaryl/α,β-unsaturated/α-hetero) is 1. The molecule has 0 radical (unpaired) electrons. The summed E-state index contributed by atoms with van der Waals surface area (Å²) in [5.74, 6) is 0.918. The summed E-state index contributed by atoms with van der Waals surface area (Å²) in [5, 5.41) is 0. The maximum absolute atomic E-state index is 11.3. The molecule has 0 spiro atoms. The molecule has 1 aromatic rings. The summed E-state index contributed by atoms with van der Waals surface area (Å²) >= 11 is 0. The van der Waals surface area contributed by atoms with E-state index in [1.165, 1.54) is 11.1 Å². The van der Waals surface area contributed by atoms with Crippen molar-refractivity contribution >= 4 is 5.78 Å². The molecule has 1 atom stereocenters. The van der Waals surface area contributed by atoms with Crippen molar-refractivity contribution in [2.75, 3.05) is 0 Å². The van der Waals surface area contributed by atoms with Gasteiger partial charge in [0.05, 0.1) is 0 Å². The molecule has 0 aromatic heterocycles. The van der Waals surface area contributed by atoms with Gasteiger partial charge in [0, 0.05) is 12.8 Å². The van der Waals surface area contributed by atoms with Gasteiger partial charge in [0.2, 0.25) is 0 Å². The van der Waals surface area contributed by atoms with E-state index in [4.69, 9.17) is 0 Å². The van der Waals surface area contributed by atoms with E-state index in [-0.39, 0.29) is 0 Å². The van der Waals surface area contributed by atoms with E-state index in [9.17, 15) is 4.79 Å². The standard InChI is InChI=1S/C15H22O/c1-4-13(10-11-15(16)5-2)14-8-6-12(3)7-9-14/h6-9,13H,4-5,10-11H2,1-3H3. The molecule has 0 heterocycles. The largest absolute Gasteiger partial charge is 0.300 e. The van der Waals surface area contributed by atoms with Gasteiger partial charge in [-0.25, -0.2) is 0 Å². The third-order valence-electron chi connectivity index (χ3n) is 3.21. The van der Waals surface area contributed by atoms with Crippen LogP contribution in [0.3, 0.4) is 0 Å². The number of hydrogen-bond donors (Lipinski definition) is 0. The zero-order chi connectivity index (χ0) is 12.0. The van der Waals surface area contributed by atoms with Gasteiger partial charge in [-0.1, -0.05) is 43.7 Å². The third-order valence-corrected chi connectivity index (χ3v) is 3.21. The van der Waals surface area contributed by atoms with Crippen molar-refractivity contribution in [2.24, 2.45) is 0 Å². The third kappa shape index (κ3) is 3.80. The molecule has 0 saturated heterocycles. The van der Waals surface area contributed by atoms with Crippen LogP contribution in [0.15, 0.2) is 24.3 Å². The fraction of sp³-hybridized carbons (Fsp3) is 0.533. The van der Waals surface area contributed by atoms with Crippen LogP contribution in [0, 0.1) is 6.92 Å². The van der Waals surface area contributed by atoms with Gasteiger partial charge in [-0.3, -0.25) is 4.79 Å². The molecular weight excluding hydrogens is 196 g/mol. The van der Waals surface area contributed by atoms with E-state index in [1.807, 2.05) is 6.92 Å². The van der Waals surface area contributed by atoms with Gasteiger partial charge >= 0.3 is 0 Å². The first-order chi connectivity index (χ1) is 7.67. The molecule has 0 aliphatic rings. The van der Waals surface area contributed by atoms with Crippen molar-refractivity contribution in [1.29, 1.82) is 0 Å². The smallest absolute Gasteiger partial charge is 0.132 e. The first-order valence-electron chi connectivity index (χ1n) is 6.25. The molecule has 1 heteroatoms. The average Bonchev–Trinajstić information content (AvgIpc) is 2.31. The molecule has 88 valence electrons. The van der Waals surface area contributed by atoms with Crippen LogP contribution in [0.5, 0.6) is 0 Å². The van der Waals surface area contributed by atoms with Crippen molar-refractivity contribution in [2.45, 2.75) is 52.4 Å². The molecule has 0 fully saturated rings. The molecule has 0 saturated carbocycles. The van der Waals surface area contributed by atoms with Gasteiger partial charge in [-0.2, -0.15) is 0 Å². The van der Waals surface area contributed by atoms with Crippen LogP contribution in [0.25, 0.3) is 0 Å². The van der Waals surface area contributed by atoms with E-state index in [2.05, 4.69) is 38.1 Å². The van der Waals surface area contributed by atoms with Gasteiger partial charge in [0.15, 0.2) is 0 Å². The van der Waals surface area contributed by atoms with E-state index < -0.39 is 0 Å². The minimum atomic E-state index is 0.380. The fourth-order valence-electron chi connectivity index (χ4n) is 1.96. The van der Waals surface area contributed by atoms with Crippen molar-refractivity contribution in [3.05, 3.63) is 35.4 Å². The maximum atomic E-state index is 11.3. The second-order valence-electron chi connectivity index (χ2n) is 4.45. The molecule has 0 N–H and O–H groups in total. The van der Waals surface area contributed by atoms with Gasteiger partial charge in [-0.05, 0) is 31.2 Å². The Morgan fingerprint density at radius 3 is 2.31 bits per heavy atom. The Hall–Kier alpha value is -1.11. The Morgan fingerprint density at radius 1 is 1.19 bits per heavy atom. The van der Waals surface area contributed by atoms with Crippen LogP contribution in [0.1, 0.15) is 56.6 Å². The van der Waals surface area contributed by atoms with E-state index in [0.29, 0.717) is 18.1 Å². The number of carbonyl (C=O) groups excluding carboxylic acids is 1. The monoisotopic (exact) mass is 218 g/mol. The SMILES string of the molecule is CCC(=O)CCC(CC)c1ccc(C)cc1. The first-order valence-corrected chi connectivity index (χ1v) is 6.25. The highest BCUT2D eigenvalue weighted by Gasteiger charge is 2.10.